The molecular formula is C15H13ClN2O2S. The molecular weight excluding hydrogens is 308 g/mol. The number of nitrogens with zero attached hydrogens (tertiary/aromatic N) is 2. The number of benzene rings is 1. The van der Waals surface area contributed by atoms with Crippen molar-refractivity contribution in [3.63, 3.8) is 0 Å². The molecule has 0 saturated heterocycles. The van der Waals surface area contributed by atoms with Crippen molar-refractivity contribution in [3.05, 3.63) is 50.7 Å². The molecule has 2 heterocycles. The zero-order valence-corrected chi connectivity index (χ0v) is 12.9. The maximum Gasteiger partial charge on any atom is 0.269 e. The van der Waals surface area contributed by atoms with E-state index in [-0.39, 0.29) is 5.91 Å². The third kappa shape index (κ3) is 2.32. The largest absolute Gasteiger partial charge is 0.411 e. The molecule has 108 valence electrons. The molecule has 1 aliphatic heterocycles. The Bertz CT molecular complexity index is 739. The summed E-state index contributed by atoms with van der Waals surface area (Å²) >= 11 is 7.56. The molecule has 1 aromatic carbocycles. The molecule has 1 aromatic heterocycles. The SMILES string of the molecule is Cc1csc(C(=O)N2CC/C(=N/O)c3ccccc32)c1Cl. The molecule has 6 heteroatoms. The third-order valence-corrected chi connectivity index (χ3v) is 5.22. The lowest BCUT2D eigenvalue weighted by molar-refractivity contribution is 0.0991. The topological polar surface area (TPSA) is 52.9 Å². The number of aryl methyl sites for hydroxylation is 1. The normalized spacial score (nSPS) is 16.1. The fraction of sp³-hybridized carbons (Fsp3) is 0.200. The van der Waals surface area contributed by atoms with Crippen LogP contribution in [-0.4, -0.2) is 23.4 Å². The number of thiophene rings is 1. The Morgan fingerprint density at radius 3 is 2.86 bits per heavy atom. The van der Waals surface area contributed by atoms with Crippen LogP contribution in [0.1, 0.15) is 27.2 Å². The third-order valence-electron chi connectivity index (χ3n) is 3.54. The predicted octanol–water partition coefficient (Wildman–Crippen LogP) is 3.94. The molecule has 0 spiro atoms. The van der Waals surface area contributed by atoms with Crippen molar-refractivity contribution in [3.8, 4) is 0 Å². The van der Waals surface area contributed by atoms with Crippen LogP contribution in [0.25, 0.3) is 0 Å². The molecule has 1 N–H and O–H groups in total. The number of rotatable bonds is 1. The van der Waals surface area contributed by atoms with E-state index in [1.54, 1.807) is 4.90 Å². The average Bonchev–Trinajstić information content (AvgIpc) is 2.85. The van der Waals surface area contributed by atoms with Crippen molar-refractivity contribution in [2.45, 2.75) is 13.3 Å². The number of halogens is 1. The van der Waals surface area contributed by atoms with E-state index in [4.69, 9.17) is 16.8 Å². The van der Waals surface area contributed by atoms with Gasteiger partial charge in [-0.05, 0) is 23.9 Å². The van der Waals surface area contributed by atoms with Crippen molar-refractivity contribution in [2.75, 3.05) is 11.4 Å². The van der Waals surface area contributed by atoms with Gasteiger partial charge >= 0.3 is 0 Å². The number of carbonyl (C=O) groups excluding carboxylic acids is 1. The van der Waals surface area contributed by atoms with Gasteiger partial charge in [-0.2, -0.15) is 0 Å². The average molecular weight is 321 g/mol. The van der Waals surface area contributed by atoms with Crippen LogP contribution in [0.3, 0.4) is 0 Å². The molecule has 0 unspecified atom stereocenters. The molecule has 0 radical (unpaired) electrons. The van der Waals surface area contributed by atoms with Gasteiger partial charge in [0.2, 0.25) is 0 Å². The van der Waals surface area contributed by atoms with E-state index >= 15 is 0 Å². The second-order valence-electron chi connectivity index (χ2n) is 4.83. The standard InChI is InChI=1S/C15H13ClN2O2S/c1-9-8-21-14(13(9)16)15(19)18-7-6-11(17-20)10-4-2-3-5-12(10)18/h2-5,8,20H,6-7H2,1H3/b17-11-. The first-order valence-electron chi connectivity index (χ1n) is 6.49. The van der Waals surface area contributed by atoms with Gasteiger partial charge in [-0.15, -0.1) is 11.3 Å². The van der Waals surface area contributed by atoms with E-state index in [2.05, 4.69) is 5.16 Å². The molecule has 0 saturated carbocycles. The first-order chi connectivity index (χ1) is 10.1. The number of para-hydroxylation sites is 1. The van der Waals surface area contributed by atoms with Gasteiger partial charge in [0.25, 0.3) is 5.91 Å². The van der Waals surface area contributed by atoms with Gasteiger partial charge in [0.05, 0.1) is 16.4 Å². The van der Waals surface area contributed by atoms with E-state index < -0.39 is 0 Å². The Labute approximate surface area is 131 Å². The summed E-state index contributed by atoms with van der Waals surface area (Å²) in [5.41, 5.74) is 3.05. The van der Waals surface area contributed by atoms with Crippen molar-refractivity contribution in [1.29, 1.82) is 0 Å². The van der Waals surface area contributed by atoms with Gasteiger partial charge in [0, 0.05) is 18.5 Å². The van der Waals surface area contributed by atoms with Gasteiger partial charge in [0.1, 0.15) is 4.88 Å². The number of hydrogen-bond acceptors (Lipinski definition) is 4. The van der Waals surface area contributed by atoms with Crippen LogP contribution in [0.4, 0.5) is 5.69 Å². The van der Waals surface area contributed by atoms with Crippen LogP contribution in [0.15, 0.2) is 34.8 Å². The molecule has 2 aromatic rings. The Kier molecular flexibility index (Phi) is 3.69. The maximum absolute atomic E-state index is 12.7. The van der Waals surface area contributed by atoms with Crippen LogP contribution in [-0.2, 0) is 0 Å². The second-order valence-corrected chi connectivity index (χ2v) is 6.09. The highest BCUT2D eigenvalue weighted by Gasteiger charge is 2.29. The van der Waals surface area contributed by atoms with E-state index in [1.165, 1.54) is 11.3 Å². The van der Waals surface area contributed by atoms with Gasteiger partial charge in [0.15, 0.2) is 0 Å². The van der Waals surface area contributed by atoms with Gasteiger partial charge in [-0.25, -0.2) is 0 Å². The molecule has 1 amide bonds. The van der Waals surface area contributed by atoms with Crippen LogP contribution >= 0.6 is 22.9 Å². The van der Waals surface area contributed by atoms with Crippen molar-refractivity contribution < 1.29 is 10.0 Å². The number of oxime groups is 1. The number of amides is 1. The first kappa shape index (κ1) is 14.1. The van der Waals surface area contributed by atoms with Crippen LogP contribution < -0.4 is 4.90 Å². The quantitative estimate of drug-likeness (QED) is 0.639. The molecule has 0 bridgehead atoms. The van der Waals surface area contributed by atoms with Gasteiger partial charge in [-0.1, -0.05) is 35.0 Å². The van der Waals surface area contributed by atoms with Crippen LogP contribution in [0.5, 0.6) is 0 Å². The van der Waals surface area contributed by atoms with Gasteiger partial charge < -0.3 is 10.1 Å². The predicted molar refractivity (Wildman–Crippen MR) is 85.1 cm³/mol. The number of hydrogen-bond donors (Lipinski definition) is 1. The summed E-state index contributed by atoms with van der Waals surface area (Å²) in [6, 6.07) is 7.43. The molecule has 1 aliphatic rings. The lowest BCUT2D eigenvalue weighted by Gasteiger charge is -2.29. The van der Waals surface area contributed by atoms with E-state index in [1.807, 2.05) is 36.6 Å². The van der Waals surface area contributed by atoms with Crippen molar-refractivity contribution in [1.82, 2.24) is 0 Å². The zero-order chi connectivity index (χ0) is 15.0. The highest BCUT2D eigenvalue weighted by molar-refractivity contribution is 7.13. The molecule has 3 rings (SSSR count). The summed E-state index contributed by atoms with van der Waals surface area (Å²) in [6.07, 6.45) is 0.515. The van der Waals surface area contributed by atoms with E-state index in [0.29, 0.717) is 28.6 Å². The summed E-state index contributed by atoms with van der Waals surface area (Å²) in [5.74, 6) is -0.109. The Morgan fingerprint density at radius 1 is 1.43 bits per heavy atom. The maximum atomic E-state index is 12.7. The van der Waals surface area contributed by atoms with E-state index in [0.717, 1.165) is 16.8 Å². The molecule has 21 heavy (non-hydrogen) atoms. The minimum atomic E-state index is -0.109. The summed E-state index contributed by atoms with van der Waals surface area (Å²) in [4.78, 5) is 15.0. The monoisotopic (exact) mass is 320 g/mol. The zero-order valence-electron chi connectivity index (χ0n) is 11.3. The molecule has 0 aliphatic carbocycles. The number of carbonyl (C=O) groups is 1. The molecule has 0 atom stereocenters. The Morgan fingerprint density at radius 2 is 2.19 bits per heavy atom. The highest BCUT2D eigenvalue weighted by atomic mass is 35.5. The van der Waals surface area contributed by atoms with Gasteiger partial charge in [-0.3, -0.25) is 4.79 Å². The number of anilines is 1. The molecule has 4 nitrogen and oxygen atoms in total. The summed E-state index contributed by atoms with van der Waals surface area (Å²) in [7, 11) is 0. The first-order valence-corrected chi connectivity index (χ1v) is 7.75. The minimum Gasteiger partial charge on any atom is -0.411 e. The Balaban J connectivity index is 2.04. The summed E-state index contributed by atoms with van der Waals surface area (Å²) in [5, 5.41) is 14.8. The fourth-order valence-corrected chi connectivity index (χ4v) is 3.66. The summed E-state index contributed by atoms with van der Waals surface area (Å²) < 4.78 is 0. The lowest BCUT2D eigenvalue weighted by atomic mass is 9.99. The fourth-order valence-electron chi connectivity index (χ4n) is 2.44. The van der Waals surface area contributed by atoms with Crippen molar-refractivity contribution in [2.24, 2.45) is 5.16 Å². The second kappa shape index (κ2) is 5.50. The minimum absolute atomic E-state index is 0.109. The summed E-state index contributed by atoms with van der Waals surface area (Å²) in [6.45, 7) is 2.36. The number of fused-ring (bicyclic) bond motifs is 1. The molecule has 0 fully saturated rings. The Hall–Kier alpha value is -1.85. The lowest BCUT2D eigenvalue weighted by Crippen LogP contribution is -2.37. The van der Waals surface area contributed by atoms with E-state index in [9.17, 15) is 4.79 Å². The van der Waals surface area contributed by atoms with Crippen LogP contribution in [0, 0.1) is 6.92 Å². The smallest absolute Gasteiger partial charge is 0.269 e. The van der Waals surface area contributed by atoms with Crippen molar-refractivity contribution >= 4 is 40.2 Å². The highest BCUT2D eigenvalue weighted by Crippen LogP contribution is 2.33. The van der Waals surface area contributed by atoms with Crippen LogP contribution in [0.2, 0.25) is 5.02 Å².